The van der Waals surface area contributed by atoms with E-state index in [4.69, 9.17) is 0 Å². The molecule has 0 aromatic heterocycles. The van der Waals surface area contributed by atoms with Crippen molar-refractivity contribution < 1.29 is 16.8 Å². The fourth-order valence-corrected chi connectivity index (χ4v) is 1.02. The topological polar surface area (TPSA) is 52.6 Å². The van der Waals surface area contributed by atoms with Gasteiger partial charge >= 0.3 is 10.4 Å². The first-order chi connectivity index (χ1) is 3.10. The number of hydrogen-bond acceptors (Lipinski definition) is 4. The molecule has 0 amide bonds. The second kappa shape index (κ2) is 1.18. The highest BCUT2D eigenvalue weighted by molar-refractivity contribution is 7.82. The summed E-state index contributed by atoms with van der Waals surface area (Å²) in [4.78, 5) is 0. The van der Waals surface area contributed by atoms with E-state index in [1.165, 1.54) is 6.92 Å². The quantitative estimate of drug-likeness (QED) is 0.442. The summed E-state index contributed by atoms with van der Waals surface area (Å²) in [5, 5.41) is 0. The third-order valence-corrected chi connectivity index (χ3v) is 1.52. The highest BCUT2D eigenvalue weighted by atomic mass is 32.3. The lowest BCUT2D eigenvalue weighted by atomic mass is 10.8. The molecular formula is C2H4O4S. The maximum atomic E-state index is 9.85. The van der Waals surface area contributed by atoms with Gasteiger partial charge in [0, 0.05) is 0 Å². The molecule has 1 fully saturated rings. The van der Waals surface area contributed by atoms with Gasteiger partial charge in [0.1, 0.15) is 0 Å². The predicted octanol–water partition coefficient (Wildman–Crippen LogP) is -0.376. The predicted molar refractivity (Wildman–Crippen MR) is 20.6 cm³/mol. The van der Waals surface area contributed by atoms with Gasteiger partial charge in [0.05, 0.1) is 0 Å². The summed E-state index contributed by atoms with van der Waals surface area (Å²) in [7, 11) is -3.53. The van der Waals surface area contributed by atoms with Crippen LogP contribution >= 0.6 is 0 Å². The molecule has 0 aliphatic carbocycles. The molecule has 0 bridgehead atoms. The van der Waals surface area contributed by atoms with Crippen LogP contribution in [0.15, 0.2) is 0 Å². The zero-order chi connectivity index (χ0) is 5.49. The SMILES string of the molecule is CC1OS(=O)(=O)O1. The summed E-state index contributed by atoms with van der Waals surface area (Å²) < 4.78 is 27.9. The lowest BCUT2D eigenvalue weighted by Gasteiger charge is -2.20. The van der Waals surface area contributed by atoms with E-state index in [1.807, 2.05) is 0 Å². The highest BCUT2D eigenvalue weighted by Gasteiger charge is 2.31. The van der Waals surface area contributed by atoms with Crippen molar-refractivity contribution in [1.82, 2.24) is 0 Å². The molecule has 1 aliphatic rings. The zero-order valence-electron chi connectivity index (χ0n) is 3.62. The first-order valence-corrected chi connectivity index (χ1v) is 3.05. The van der Waals surface area contributed by atoms with E-state index in [0.29, 0.717) is 0 Å². The first kappa shape index (κ1) is 5.02. The largest absolute Gasteiger partial charge is 0.404 e. The molecule has 1 rings (SSSR count). The molecule has 1 heterocycles. The molecule has 0 aromatic carbocycles. The van der Waals surface area contributed by atoms with E-state index in [0.717, 1.165) is 0 Å². The van der Waals surface area contributed by atoms with Crippen molar-refractivity contribution in [2.24, 2.45) is 0 Å². The molecular weight excluding hydrogens is 120 g/mol. The maximum Gasteiger partial charge on any atom is 0.404 e. The highest BCUT2D eigenvalue weighted by Crippen LogP contribution is 2.15. The molecule has 0 atom stereocenters. The first-order valence-electron chi connectivity index (χ1n) is 1.72. The molecule has 7 heavy (non-hydrogen) atoms. The minimum Gasteiger partial charge on any atom is -0.215 e. The van der Waals surface area contributed by atoms with Crippen molar-refractivity contribution in [2.45, 2.75) is 13.2 Å². The average Bonchev–Trinajstić information content (AvgIpc) is 1.27. The Balaban J connectivity index is 2.61. The van der Waals surface area contributed by atoms with E-state index < -0.39 is 16.7 Å². The zero-order valence-corrected chi connectivity index (χ0v) is 4.44. The summed E-state index contributed by atoms with van der Waals surface area (Å²) in [6, 6.07) is 0. The van der Waals surface area contributed by atoms with Gasteiger partial charge in [0.25, 0.3) is 0 Å². The lowest BCUT2D eigenvalue weighted by Crippen LogP contribution is -2.33. The van der Waals surface area contributed by atoms with E-state index in [1.54, 1.807) is 0 Å². The van der Waals surface area contributed by atoms with E-state index in [-0.39, 0.29) is 0 Å². The van der Waals surface area contributed by atoms with Gasteiger partial charge in [-0.25, -0.2) is 8.37 Å². The van der Waals surface area contributed by atoms with Gasteiger partial charge in [0.2, 0.25) is 0 Å². The second-order valence-electron chi connectivity index (χ2n) is 1.17. The monoisotopic (exact) mass is 124 g/mol. The van der Waals surface area contributed by atoms with Crippen LogP contribution in [-0.4, -0.2) is 14.7 Å². The van der Waals surface area contributed by atoms with Crippen molar-refractivity contribution in [3.63, 3.8) is 0 Å². The van der Waals surface area contributed by atoms with Gasteiger partial charge in [0.15, 0.2) is 6.29 Å². The van der Waals surface area contributed by atoms with Crippen LogP contribution in [0.3, 0.4) is 0 Å². The van der Waals surface area contributed by atoms with Gasteiger partial charge < -0.3 is 0 Å². The Hall–Kier alpha value is -0.130. The minimum absolute atomic E-state index is 0.579. The fraction of sp³-hybridized carbons (Fsp3) is 1.00. The van der Waals surface area contributed by atoms with Crippen LogP contribution in [0.5, 0.6) is 0 Å². The Morgan fingerprint density at radius 3 is 1.86 bits per heavy atom. The van der Waals surface area contributed by atoms with Crippen molar-refractivity contribution in [1.29, 1.82) is 0 Å². The van der Waals surface area contributed by atoms with Gasteiger partial charge in [-0.05, 0) is 6.92 Å². The van der Waals surface area contributed by atoms with E-state index in [9.17, 15) is 8.42 Å². The standard InChI is InChI=1S/C2H4O4S/c1-2-5-7(3,4)6-2/h2H,1H3. The lowest BCUT2D eigenvalue weighted by molar-refractivity contribution is -0.0642. The van der Waals surface area contributed by atoms with E-state index in [2.05, 4.69) is 8.37 Å². The van der Waals surface area contributed by atoms with Crippen LogP contribution in [0.1, 0.15) is 6.92 Å². The van der Waals surface area contributed by atoms with Gasteiger partial charge in [-0.3, -0.25) is 0 Å². The Bertz CT molecular complexity index is 145. The smallest absolute Gasteiger partial charge is 0.215 e. The Morgan fingerprint density at radius 1 is 1.43 bits per heavy atom. The van der Waals surface area contributed by atoms with Gasteiger partial charge in [-0.1, -0.05) is 0 Å². The van der Waals surface area contributed by atoms with Crippen molar-refractivity contribution in [3.8, 4) is 0 Å². The fourth-order valence-electron chi connectivity index (χ4n) is 0.339. The molecule has 1 aliphatic heterocycles. The summed E-state index contributed by atoms with van der Waals surface area (Å²) in [5.74, 6) is 0. The molecule has 1 saturated heterocycles. The van der Waals surface area contributed by atoms with Crippen molar-refractivity contribution in [3.05, 3.63) is 0 Å². The van der Waals surface area contributed by atoms with E-state index >= 15 is 0 Å². The molecule has 42 valence electrons. The molecule has 0 spiro atoms. The molecule has 0 N–H and O–H groups in total. The third-order valence-electron chi connectivity index (χ3n) is 0.507. The number of hydrogen-bond donors (Lipinski definition) is 0. The minimum atomic E-state index is -3.53. The van der Waals surface area contributed by atoms with Crippen molar-refractivity contribution >= 4 is 10.4 Å². The van der Waals surface area contributed by atoms with Gasteiger partial charge in [-0.2, -0.15) is 8.42 Å². The van der Waals surface area contributed by atoms with Crippen LogP contribution in [-0.2, 0) is 18.8 Å². The summed E-state index contributed by atoms with van der Waals surface area (Å²) >= 11 is 0. The number of rotatable bonds is 0. The molecule has 0 radical (unpaired) electrons. The average molecular weight is 124 g/mol. The molecule has 4 nitrogen and oxygen atoms in total. The summed E-state index contributed by atoms with van der Waals surface area (Å²) in [6.45, 7) is 1.50. The molecule has 0 aromatic rings. The Kier molecular flexibility index (Phi) is 0.844. The second-order valence-corrected chi connectivity index (χ2v) is 2.37. The summed E-state index contributed by atoms with van der Waals surface area (Å²) in [6.07, 6.45) is -0.579. The maximum absolute atomic E-state index is 9.85. The van der Waals surface area contributed by atoms with Crippen LogP contribution in [0.25, 0.3) is 0 Å². The molecule has 5 heteroatoms. The van der Waals surface area contributed by atoms with Crippen molar-refractivity contribution in [2.75, 3.05) is 0 Å². The Labute approximate surface area is 41.4 Å². The molecule has 0 saturated carbocycles. The molecule has 0 unspecified atom stereocenters. The van der Waals surface area contributed by atoms with Crippen LogP contribution in [0.2, 0.25) is 0 Å². The van der Waals surface area contributed by atoms with Crippen LogP contribution in [0.4, 0.5) is 0 Å². The normalized spacial score (nSPS) is 29.3. The summed E-state index contributed by atoms with van der Waals surface area (Å²) in [5.41, 5.74) is 0. The van der Waals surface area contributed by atoms with Gasteiger partial charge in [-0.15, -0.1) is 0 Å². The van der Waals surface area contributed by atoms with Crippen LogP contribution in [0, 0.1) is 0 Å². The third kappa shape index (κ3) is 0.902. The van der Waals surface area contributed by atoms with Crippen LogP contribution < -0.4 is 0 Å². The Morgan fingerprint density at radius 2 is 1.86 bits per heavy atom.